The fraction of sp³-hybridized carbons (Fsp3) is 0.571. The maximum Gasteiger partial charge on any atom is 0.397 e. The Morgan fingerprint density at radius 2 is 1.71 bits per heavy atom. The van der Waals surface area contributed by atoms with Crippen LogP contribution in [-0.2, 0) is 38.0 Å². The topological polar surface area (TPSA) is 206 Å². The Labute approximate surface area is 185 Å². The molecule has 0 atom stereocenters. The predicted molar refractivity (Wildman–Crippen MR) is 112 cm³/mol. The molecule has 0 saturated carbocycles. The van der Waals surface area contributed by atoms with E-state index in [2.05, 4.69) is 29.2 Å². The van der Waals surface area contributed by atoms with Crippen molar-refractivity contribution in [1.29, 1.82) is 5.26 Å². The molecule has 1 aromatic rings. The molecule has 0 aliphatic carbocycles. The lowest BCUT2D eigenvalue weighted by Crippen LogP contribution is -2.22. The van der Waals surface area contributed by atoms with Gasteiger partial charge >= 0.3 is 10.4 Å². The lowest BCUT2D eigenvalue weighted by Gasteiger charge is -2.11. The van der Waals surface area contributed by atoms with Gasteiger partial charge in [-0.1, -0.05) is 5.04 Å². The van der Waals surface area contributed by atoms with Crippen LogP contribution in [0.3, 0.4) is 0 Å². The number of nitriles is 1. The van der Waals surface area contributed by atoms with Gasteiger partial charge in [0.2, 0.25) is 0 Å². The fourth-order valence-corrected chi connectivity index (χ4v) is 3.41. The van der Waals surface area contributed by atoms with Crippen molar-refractivity contribution in [2.24, 2.45) is 0 Å². The van der Waals surface area contributed by atoms with Gasteiger partial charge in [-0.25, -0.2) is 22.8 Å². The molecule has 0 unspecified atom stereocenters. The molecule has 0 aliphatic rings. The second-order valence-corrected chi connectivity index (χ2v) is 9.33. The summed E-state index contributed by atoms with van der Waals surface area (Å²) in [5.41, 5.74) is 0.872. The molecule has 31 heavy (non-hydrogen) atoms. The Kier molecular flexibility index (Phi) is 15.1. The highest BCUT2D eigenvalue weighted by atomic mass is 32.3. The monoisotopic (exact) mass is 504 g/mol. The molecule has 0 amide bonds. The molecule has 1 aromatic heterocycles. The number of aryl methyl sites for hydroxylation is 1. The third kappa shape index (κ3) is 17.6. The highest BCUT2D eigenvalue weighted by Gasteiger charge is 2.13. The highest BCUT2D eigenvalue weighted by Crippen LogP contribution is 2.13. The zero-order chi connectivity index (χ0) is 23.8. The van der Waals surface area contributed by atoms with Gasteiger partial charge in [0.1, 0.15) is 11.6 Å². The van der Waals surface area contributed by atoms with Crippen LogP contribution in [0, 0.1) is 18.3 Å². The van der Waals surface area contributed by atoms with Crippen molar-refractivity contribution in [2.45, 2.75) is 13.8 Å². The van der Waals surface area contributed by atoms with Crippen LogP contribution in [0.5, 0.6) is 0 Å². The van der Waals surface area contributed by atoms with E-state index in [1.165, 1.54) is 6.92 Å². The van der Waals surface area contributed by atoms with Crippen molar-refractivity contribution < 1.29 is 44.4 Å². The first-order valence-electron chi connectivity index (χ1n) is 8.39. The molecule has 0 bridgehead atoms. The van der Waals surface area contributed by atoms with Crippen molar-refractivity contribution in [1.82, 2.24) is 4.98 Å². The molecule has 1 heterocycles. The first-order chi connectivity index (χ1) is 14.5. The summed E-state index contributed by atoms with van der Waals surface area (Å²) < 4.78 is 65.7. The second kappa shape index (κ2) is 16.0. The van der Waals surface area contributed by atoms with Gasteiger partial charge in [0.05, 0.1) is 30.8 Å². The van der Waals surface area contributed by atoms with E-state index in [0.29, 0.717) is 30.5 Å². The van der Waals surface area contributed by atoms with Gasteiger partial charge in [0.25, 0.3) is 0 Å². The molecule has 0 aliphatic heterocycles. The van der Waals surface area contributed by atoms with Crippen LogP contribution in [0.4, 0.5) is 11.6 Å². The summed E-state index contributed by atoms with van der Waals surface area (Å²) in [7, 11) is -8.25. The van der Waals surface area contributed by atoms with E-state index in [1.54, 1.807) is 18.2 Å². The van der Waals surface area contributed by atoms with Crippen LogP contribution < -0.4 is 10.6 Å². The van der Waals surface area contributed by atoms with Gasteiger partial charge in [-0.2, -0.15) is 13.7 Å². The lowest BCUT2D eigenvalue weighted by molar-refractivity contribution is -0.434. The number of rotatable bonds is 15. The van der Waals surface area contributed by atoms with E-state index in [4.69, 9.17) is 19.3 Å². The summed E-state index contributed by atoms with van der Waals surface area (Å²) in [5.74, 6) is 0.142. The largest absolute Gasteiger partial charge is 0.397 e. The smallest absolute Gasteiger partial charge is 0.369 e. The van der Waals surface area contributed by atoms with Crippen molar-refractivity contribution in [3.63, 3.8) is 0 Å². The summed E-state index contributed by atoms with van der Waals surface area (Å²) in [6.07, 6.45) is 0. The number of hydrogen-bond donors (Lipinski definition) is 4. The normalized spacial score (nSPS) is 11.2. The zero-order valence-electron chi connectivity index (χ0n) is 16.7. The van der Waals surface area contributed by atoms with Crippen LogP contribution in [0.2, 0.25) is 0 Å². The SMILES string of the molecule is CC#N.Cc1cc(NCCOSOOO)nc(NCCS(=O)(=O)CCOS(=O)(=O)O)c1. The molecule has 0 fully saturated rings. The van der Waals surface area contributed by atoms with Crippen molar-refractivity contribution in [2.75, 3.05) is 48.4 Å². The summed E-state index contributed by atoms with van der Waals surface area (Å²) in [6, 6.07) is 5.24. The van der Waals surface area contributed by atoms with Gasteiger partial charge in [0, 0.05) is 20.0 Å². The van der Waals surface area contributed by atoms with E-state index in [-0.39, 0.29) is 18.9 Å². The van der Waals surface area contributed by atoms with E-state index < -0.39 is 32.6 Å². The minimum atomic E-state index is -4.67. The van der Waals surface area contributed by atoms with E-state index in [9.17, 15) is 16.8 Å². The van der Waals surface area contributed by atoms with Gasteiger partial charge in [-0.3, -0.25) is 8.74 Å². The van der Waals surface area contributed by atoms with Gasteiger partial charge < -0.3 is 10.6 Å². The van der Waals surface area contributed by atoms with Crippen LogP contribution in [0.15, 0.2) is 12.1 Å². The Morgan fingerprint density at radius 1 is 1.13 bits per heavy atom. The maximum atomic E-state index is 11.8. The molecule has 17 heteroatoms. The van der Waals surface area contributed by atoms with Crippen LogP contribution in [0.1, 0.15) is 12.5 Å². The summed E-state index contributed by atoms with van der Waals surface area (Å²) in [4.78, 5) is 4.27. The number of pyridine rings is 1. The number of nitrogens with zero attached hydrogens (tertiary/aromatic N) is 2. The third-order valence-corrected chi connectivity index (χ3v) is 5.37. The van der Waals surface area contributed by atoms with Crippen molar-refractivity contribution in [3.05, 3.63) is 17.7 Å². The quantitative estimate of drug-likeness (QED) is 0.0863. The molecular formula is C14H24N4O10S3. The summed E-state index contributed by atoms with van der Waals surface area (Å²) in [6.45, 7) is 3.24. The standard InChI is InChI=1S/C12H21N3O10S3.C2H3N/c1-10-8-11(13-2-4-22-26-25-24-16)15-12(9-10)14-3-6-27(17,18)7-5-23-28(19,20)21;1-2-3/h8-9,16H,2-7H2,1H3,(H2,13,14,15)(H,19,20,21);1H3. The molecular weight excluding hydrogens is 480 g/mol. The van der Waals surface area contributed by atoms with Gasteiger partial charge in [-0.15, -0.1) is 4.33 Å². The molecule has 14 nitrogen and oxygen atoms in total. The minimum Gasteiger partial charge on any atom is -0.369 e. The average molecular weight is 505 g/mol. The minimum absolute atomic E-state index is 0.0440. The molecule has 0 spiro atoms. The Bertz CT molecular complexity index is 890. The number of hydrogen-bond acceptors (Lipinski definition) is 14. The molecule has 0 radical (unpaired) electrons. The number of aromatic nitrogens is 1. The Balaban J connectivity index is 0.00000282. The average Bonchev–Trinajstić information content (AvgIpc) is 2.63. The lowest BCUT2D eigenvalue weighted by atomic mass is 10.3. The molecule has 0 aromatic carbocycles. The van der Waals surface area contributed by atoms with E-state index in [0.717, 1.165) is 5.56 Å². The molecule has 178 valence electrons. The van der Waals surface area contributed by atoms with E-state index >= 15 is 0 Å². The van der Waals surface area contributed by atoms with Crippen molar-refractivity contribution >= 4 is 44.2 Å². The second-order valence-electron chi connectivity index (χ2n) is 5.43. The summed E-state index contributed by atoms with van der Waals surface area (Å²) >= 11 is 0.457. The van der Waals surface area contributed by atoms with Crippen LogP contribution in [0.25, 0.3) is 0 Å². The Hall–Kier alpha value is -1.75. The van der Waals surface area contributed by atoms with Crippen LogP contribution in [-0.4, -0.2) is 69.4 Å². The number of anilines is 2. The van der Waals surface area contributed by atoms with Gasteiger partial charge in [0.15, 0.2) is 22.2 Å². The summed E-state index contributed by atoms with van der Waals surface area (Å²) in [5, 5.41) is 24.4. The number of sulfone groups is 1. The maximum absolute atomic E-state index is 11.8. The Morgan fingerprint density at radius 3 is 2.26 bits per heavy atom. The van der Waals surface area contributed by atoms with Gasteiger partial charge in [-0.05, 0) is 24.6 Å². The molecule has 4 N–H and O–H groups in total. The molecule has 0 saturated heterocycles. The first-order valence-corrected chi connectivity index (χ1v) is 12.2. The third-order valence-electron chi connectivity index (χ3n) is 2.91. The van der Waals surface area contributed by atoms with Crippen LogP contribution >= 0.6 is 12.3 Å². The van der Waals surface area contributed by atoms with E-state index in [1.807, 2.05) is 6.92 Å². The highest BCUT2D eigenvalue weighted by molar-refractivity contribution is 7.91. The molecule has 1 rings (SSSR count). The predicted octanol–water partition coefficient (Wildman–Crippen LogP) is 0.979. The fourth-order valence-electron chi connectivity index (χ4n) is 1.84. The zero-order valence-corrected chi connectivity index (χ0v) is 19.1. The van der Waals surface area contributed by atoms with Crippen molar-refractivity contribution in [3.8, 4) is 6.07 Å². The first kappa shape index (κ1) is 29.2. The number of nitrogens with one attached hydrogen (secondary N) is 2.